The second-order valence-corrected chi connectivity index (χ2v) is 7.08. The van der Waals surface area contributed by atoms with E-state index in [9.17, 15) is 4.39 Å². The molecule has 0 aliphatic heterocycles. The van der Waals surface area contributed by atoms with Gasteiger partial charge < -0.3 is 0 Å². The molecule has 2 aliphatic rings. The molecule has 0 unspecified atom stereocenters. The SMILES string of the molecule is CC1CCC(C2CCC(c3cc[c-]cc3F)CC2)CC1.[Rb+]. The fraction of sp³-hybridized carbons (Fsp3) is 0.684. The van der Waals surface area contributed by atoms with Gasteiger partial charge in [-0.25, -0.2) is 0 Å². The summed E-state index contributed by atoms with van der Waals surface area (Å²) in [4.78, 5) is 0. The molecule has 2 saturated carbocycles. The average Bonchev–Trinajstić information content (AvgIpc) is 2.49. The fourth-order valence-electron chi connectivity index (χ4n) is 4.41. The Balaban J connectivity index is 0.00000161. The van der Waals surface area contributed by atoms with E-state index < -0.39 is 0 Å². The molecule has 0 atom stereocenters. The smallest absolute Gasteiger partial charge is 0.284 e. The van der Waals surface area contributed by atoms with Crippen molar-refractivity contribution in [1.82, 2.24) is 0 Å². The van der Waals surface area contributed by atoms with Gasteiger partial charge in [0.1, 0.15) is 0 Å². The summed E-state index contributed by atoms with van der Waals surface area (Å²) in [6.07, 6.45) is 10.7. The Morgan fingerprint density at radius 1 is 0.952 bits per heavy atom. The molecule has 3 rings (SSSR count). The van der Waals surface area contributed by atoms with E-state index >= 15 is 0 Å². The molecule has 1 aromatic rings. The summed E-state index contributed by atoms with van der Waals surface area (Å²) in [5.41, 5.74) is 0.930. The molecular formula is C19H26FRb. The third-order valence-electron chi connectivity index (χ3n) is 5.78. The Morgan fingerprint density at radius 2 is 1.52 bits per heavy atom. The van der Waals surface area contributed by atoms with E-state index in [0.29, 0.717) is 5.92 Å². The zero-order valence-corrected chi connectivity index (χ0v) is 18.5. The summed E-state index contributed by atoms with van der Waals surface area (Å²) < 4.78 is 13.8. The van der Waals surface area contributed by atoms with Crippen LogP contribution in [0.2, 0.25) is 0 Å². The first-order chi connectivity index (χ1) is 9.74. The van der Waals surface area contributed by atoms with E-state index in [2.05, 4.69) is 13.0 Å². The van der Waals surface area contributed by atoms with Gasteiger partial charge in [0.2, 0.25) is 0 Å². The van der Waals surface area contributed by atoms with Crippen molar-refractivity contribution in [1.29, 1.82) is 0 Å². The molecule has 0 aromatic heterocycles. The van der Waals surface area contributed by atoms with E-state index in [4.69, 9.17) is 0 Å². The van der Waals surface area contributed by atoms with Crippen LogP contribution in [-0.4, -0.2) is 0 Å². The third kappa shape index (κ3) is 4.72. The van der Waals surface area contributed by atoms with Crippen molar-refractivity contribution in [2.45, 2.75) is 64.2 Å². The van der Waals surface area contributed by atoms with Crippen molar-refractivity contribution < 1.29 is 62.6 Å². The van der Waals surface area contributed by atoms with Crippen LogP contribution in [0.25, 0.3) is 0 Å². The van der Waals surface area contributed by atoms with Crippen LogP contribution >= 0.6 is 0 Å². The first kappa shape index (κ1) is 18.3. The van der Waals surface area contributed by atoms with Crippen LogP contribution in [0.1, 0.15) is 69.8 Å². The van der Waals surface area contributed by atoms with Crippen LogP contribution in [0.5, 0.6) is 0 Å². The summed E-state index contributed by atoms with van der Waals surface area (Å²) in [5.74, 6) is 3.21. The number of rotatable bonds is 2. The second-order valence-electron chi connectivity index (χ2n) is 7.08. The predicted molar refractivity (Wildman–Crippen MR) is 81.1 cm³/mol. The van der Waals surface area contributed by atoms with Crippen molar-refractivity contribution in [3.63, 3.8) is 0 Å². The van der Waals surface area contributed by atoms with Gasteiger partial charge >= 0.3 is 58.2 Å². The molecule has 110 valence electrons. The van der Waals surface area contributed by atoms with Gasteiger partial charge in [-0.15, -0.1) is 11.6 Å². The molecule has 0 amide bonds. The maximum absolute atomic E-state index is 13.8. The topological polar surface area (TPSA) is 0 Å². The first-order valence-corrected chi connectivity index (χ1v) is 8.39. The fourth-order valence-corrected chi connectivity index (χ4v) is 4.41. The Kier molecular flexibility index (Phi) is 7.59. The van der Waals surface area contributed by atoms with Gasteiger partial charge in [0, 0.05) is 5.82 Å². The minimum atomic E-state index is -0.0533. The van der Waals surface area contributed by atoms with Crippen LogP contribution in [0.4, 0.5) is 4.39 Å². The zero-order valence-electron chi connectivity index (χ0n) is 13.6. The molecule has 1 aromatic carbocycles. The number of hydrogen-bond acceptors (Lipinski definition) is 0. The van der Waals surface area contributed by atoms with Gasteiger partial charge in [-0.05, 0) is 62.2 Å². The Hall–Kier alpha value is 0.955. The predicted octanol–water partition coefficient (Wildman–Crippen LogP) is 2.73. The van der Waals surface area contributed by atoms with Crippen molar-refractivity contribution in [3.8, 4) is 0 Å². The van der Waals surface area contributed by atoms with E-state index in [-0.39, 0.29) is 64.0 Å². The largest absolute Gasteiger partial charge is 1.00 e. The molecule has 0 N–H and O–H groups in total. The number of halogens is 1. The van der Waals surface area contributed by atoms with E-state index in [1.807, 2.05) is 12.1 Å². The maximum Gasteiger partial charge on any atom is 1.00 e. The zero-order chi connectivity index (χ0) is 13.9. The molecule has 0 saturated heterocycles. The summed E-state index contributed by atoms with van der Waals surface area (Å²) in [6.45, 7) is 2.39. The number of hydrogen-bond donors (Lipinski definition) is 0. The van der Waals surface area contributed by atoms with E-state index in [1.54, 1.807) is 0 Å². The average molecular weight is 359 g/mol. The number of benzene rings is 1. The third-order valence-corrected chi connectivity index (χ3v) is 5.78. The summed E-state index contributed by atoms with van der Waals surface area (Å²) in [6, 6.07) is 8.11. The molecular weight excluding hydrogens is 333 g/mol. The van der Waals surface area contributed by atoms with E-state index in [1.165, 1.54) is 57.4 Å². The quantitative estimate of drug-likeness (QED) is 0.713. The van der Waals surface area contributed by atoms with Gasteiger partial charge in [0.05, 0.1) is 0 Å². The molecule has 2 fully saturated rings. The summed E-state index contributed by atoms with van der Waals surface area (Å²) >= 11 is 0. The Morgan fingerprint density at radius 3 is 2.10 bits per heavy atom. The molecule has 21 heavy (non-hydrogen) atoms. The minimum absolute atomic E-state index is 0. The molecule has 0 radical (unpaired) electrons. The second kappa shape index (κ2) is 8.71. The first-order valence-electron chi connectivity index (χ1n) is 8.39. The van der Waals surface area contributed by atoms with Crippen LogP contribution in [0.15, 0.2) is 18.2 Å². The van der Waals surface area contributed by atoms with Crippen LogP contribution in [0.3, 0.4) is 0 Å². The van der Waals surface area contributed by atoms with Gasteiger partial charge in [-0.2, -0.15) is 18.2 Å². The monoisotopic (exact) mass is 358 g/mol. The standard InChI is InChI=1S/C19H26F.Rb/c1-14-6-8-15(9-7-14)16-10-12-17(13-11-16)18-4-2-3-5-19(18)20;/h2,4-5,14-17H,6-13H2,1H3;/q-1;+1. The van der Waals surface area contributed by atoms with Crippen molar-refractivity contribution >= 4 is 0 Å². The van der Waals surface area contributed by atoms with Crippen LogP contribution in [0, 0.1) is 29.6 Å². The summed E-state index contributed by atoms with van der Waals surface area (Å²) in [5, 5.41) is 0. The van der Waals surface area contributed by atoms with Crippen LogP contribution < -0.4 is 58.2 Å². The van der Waals surface area contributed by atoms with E-state index in [0.717, 1.165) is 23.3 Å². The van der Waals surface area contributed by atoms with Crippen molar-refractivity contribution in [2.24, 2.45) is 17.8 Å². The molecule has 0 heterocycles. The molecule has 2 aliphatic carbocycles. The van der Waals surface area contributed by atoms with Gasteiger partial charge in [-0.1, -0.05) is 19.8 Å². The maximum atomic E-state index is 13.8. The summed E-state index contributed by atoms with van der Waals surface area (Å²) in [7, 11) is 0. The molecule has 2 heteroatoms. The Labute approximate surface area is 178 Å². The minimum Gasteiger partial charge on any atom is -0.284 e. The Bertz CT molecular complexity index is 429. The molecule has 0 spiro atoms. The van der Waals surface area contributed by atoms with Gasteiger partial charge in [-0.3, -0.25) is 4.39 Å². The van der Waals surface area contributed by atoms with Gasteiger partial charge in [0.15, 0.2) is 0 Å². The van der Waals surface area contributed by atoms with Crippen molar-refractivity contribution in [3.05, 3.63) is 35.6 Å². The normalized spacial score (nSPS) is 33.2. The molecule has 0 nitrogen and oxygen atoms in total. The van der Waals surface area contributed by atoms with Gasteiger partial charge in [0.25, 0.3) is 0 Å². The molecule has 0 bridgehead atoms. The van der Waals surface area contributed by atoms with Crippen LogP contribution in [-0.2, 0) is 0 Å². The van der Waals surface area contributed by atoms with Crippen molar-refractivity contribution in [2.75, 3.05) is 0 Å².